The minimum absolute atomic E-state index is 0.0451. The molecule has 1 fully saturated rings. The first kappa shape index (κ1) is 26.4. The summed E-state index contributed by atoms with van der Waals surface area (Å²) in [4.78, 5) is 46.6. The fourth-order valence-corrected chi connectivity index (χ4v) is 4.75. The van der Waals surface area contributed by atoms with Crippen molar-refractivity contribution in [1.29, 1.82) is 0 Å². The fraction of sp³-hybridized carbons (Fsp3) is 0.500. The predicted octanol–water partition coefficient (Wildman–Crippen LogP) is 0.124. The lowest BCUT2D eigenvalue weighted by atomic mass is 10.4. The zero-order valence-corrected chi connectivity index (χ0v) is 20.6. The Kier molecular flexibility index (Phi) is 8.19. The number of halogens is 1. The lowest BCUT2D eigenvalue weighted by Gasteiger charge is -2.15. The minimum atomic E-state index is -4.28. The third kappa shape index (κ3) is 6.36. The van der Waals surface area contributed by atoms with Gasteiger partial charge in [0, 0.05) is 5.75 Å². The molecule has 0 aliphatic carbocycles. The van der Waals surface area contributed by atoms with Crippen molar-refractivity contribution in [3.8, 4) is 0 Å². The monoisotopic (exact) mass is 546 g/mol. The number of fused-ring (bicyclic) bond motifs is 1. The number of nitrogens with zero attached hydrogens (tertiary/aromatic N) is 6. The number of aliphatic hydroxyl groups is 1. The normalized spacial score (nSPS) is 19.0. The number of anilines is 2. The summed E-state index contributed by atoms with van der Waals surface area (Å²) in [5, 5.41) is 14.8. The zero-order valence-electron chi connectivity index (χ0n) is 18.9. The lowest BCUT2D eigenvalue weighted by molar-refractivity contribution is -0.00678. The van der Waals surface area contributed by atoms with E-state index in [1.807, 2.05) is 0 Å². The van der Waals surface area contributed by atoms with Gasteiger partial charge >= 0.3 is 13.3 Å². The fourth-order valence-electron chi connectivity index (χ4n) is 3.37. The van der Waals surface area contributed by atoms with Crippen LogP contribution >= 0.6 is 19.4 Å². The van der Waals surface area contributed by atoms with E-state index in [1.165, 1.54) is 24.4 Å². The highest BCUT2D eigenvalue weighted by molar-refractivity contribution is 8.00. The van der Waals surface area contributed by atoms with Crippen LogP contribution in [0.2, 0.25) is 0 Å². The highest BCUT2D eigenvalue weighted by Crippen LogP contribution is 2.34. The number of hydrogen-bond acceptors (Lipinski definition) is 12. The van der Waals surface area contributed by atoms with E-state index in [-0.39, 0.29) is 25.6 Å². The van der Waals surface area contributed by atoms with Crippen molar-refractivity contribution in [1.82, 2.24) is 29.1 Å². The van der Waals surface area contributed by atoms with Gasteiger partial charge in [-0.2, -0.15) is 4.98 Å². The van der Waals surface area contributed by atoms with Crippen LogP contribution in [0.3, 0.4) is 0 Å². The van der Waals surface area contributed by atoms with Crippen molar-refractivity contribution < 1.29 is 33.3 Å². The minimum Gasteiger partial charge on any atom is -0.393 e. The molecule has 1 aliphatic heterocycles. The second-order valence-electron chi connectivity index (χ2n) is 7.76. The Bertz CT molecular complexity index is 1320. The van der Waals surface area contributed by atoms with Crippen molar-refractivity contribution in [3.05, 3.63) is 35.2 Å². The number of nitrogens with one attached hydrogen (secondary N) is 2. The van der Waals surface area contributed by atoms with Crippen molar-refractivity contribution in [2.75, 3.05) is 36.0 Å². The van der Waals surface area contributed by atoms with E-state index in [9.17, 15) is 13.8 Å². The molecule has 18 heteroatoms. The first-order valence-electron chi connectivity index (χ1n) is 10.6. The average molecular weight is 546 g/mol. The highest BCUT2D eigenvalue weighted by Gasteiger charge is 2.28. The SMILES string of the molecule is CC(Cn1cnc2c(NCNc3nc(=O)n([C@@H]4CS[C@@H](CO)O4)cc3F)ncnc21)OCP(=O)(O)O. The molecule has 0 spiro atoms. The quantitative estimate of drug-likeness (QED) is 0.160. The standard InChI is InChI=1S/C18H24FN8O7PS/c1-10(33-9-35(30,31)32)2-26-8-24-14-16(22-7-23-17(14)26)21-6-20-15-11(19)3-27(18(29)25-15)12-5-36-13(4-28)34-12/h3,7-8,10,12-13,28H,2,4-6,9H2,1H3,(H,20,25,29)(H,21,22,23)(H2,30,31,32)/t10?,12-,13-/m0/s1. The number of hydrogen-bond donors (Lipinski definition) is 5. The molecule has 3 atom stereocenters. The third-order valence-electron chi connectivity index (χ3n) is 4.99. The van der Waals surface area contributed by atoms with Gasteiger partial charge in [-0.3, -0.25) is 9.13 Å². The van der Waals surface area contributed by atoms with Crippen LogP contribution in [0.1, 0.15) is 13.2 Å². The molecule has 1 aliphatic rings. The van der Waals surface area contributed by atoms with Crippen LogP contribution in [0.5, 0.6) is 0 Å². The summed E-state index contributed by atoms with van der Waals surface area (Å²) in [6.07, 6.45) is 1.84. The van der Waals surface area contributed by atoms with Gasteiger partial charge in [-0.25, -0.2) is 24.1 Å². The molecule has 5 N–H and O–H groups in total. The van der Waals surface area contributed by atoms with E-state index < -0.39 is 43.2 Å². The van der Waals surface area contributed by atoms with Gasteiger partial charge < -0.3 is 39.6 Å². The molecule has 4 heterocycles. The van der Waals surface area contributed by atoms with Crippen LogP contribution in [-0.2, 0) is 20.6 Å². The van der Waals surface area contributed by atoms with Gasteiger partial charge in [0.2, 0.25) is 0 Å². The van der Waals surface area contributed by atoms with E-state index in [0.717, 1.165) is 10.8 Å². The molecule has 15 nitrogen and oxygen atoms in total. The van der Waals surface area contributed by atoms with Crippen LogP contribution in [0.15, 0.2) is 23.6 Å². The molecule has 196 valence electrons. The van der Waals surface area contributed by atoms with E-state index in [4.69, 9.17) is 24.4 Å². The van der Waals surface area contributed by atoms with Crippen LogP contribution in [0.25, 0.3) is 11.2 Å². The van der Waals surface area contributed by atoms with Gasteiger partial charge in [0.05, 0.1) is 38.4 Å². The molecular weight excluding hydrogens is 522 g/mol. The number of thioether (sulfide) groups is 1. The molecule has 0 saturated carbocycles. The third-order valence-corrected chi connectivity index (χ3v) is 6.59. The van der Waals surface area contributed by atoms with E-state index in [1.54, 1.807) is 11.5 Å². The Balaban J connectivity index is 1.39. The lowest BCUT2D eigenvalue weighted by Crippen LogP contribution is -2.30. The summed E-state index contributed by atoms with van der Waals surface area (Å²) < 4.78 is 38.9. The number of aliphatic hydroxyl groups excluding tert-OH is 1. The predicted molar refractivity (Wildman–Crippen MR) is 127 cm³/mol. The maximum atomic E-state index is 14.6. The summed E-state index contributed by atoms with van der Waals surface area (Å²) >= 11 is 1.32. The molecule has 3 aromatic rings. The first-order valence-corrected chi connectivity index (χ1v) is 13.5. The Morgan fingerprint density at radius 1 is 1.33 bits per heavy atom. The summed E-state index contributed by atoms with van der Waals surface area (Å²) in [5.41, 5.74) is -0.335. The molecule has 1 unspecified atom stereocenters. The first-order chi connectivity index (χ1) is 17.1. The largest absolute Gasteiger partial charge is 0.393 e. The molecule has 0 aromatic carbocycles. The van der Waals surface area contributed by atoms with Crippen molar-refractivity contribution in [3.63, 3.8) is 0 Å². The Hall–Kier alpha value is -2.66. The molecule has 4 rings (SSSR count). The number of rotatable bonds is 11. The second kappa shape index (κ2) is 11.2. The summed E-state index contributed by atoms with van der Waals surface area (Å²) in [6, 6.07) is 0. The molecular formula is C18H24FN8O7PS. The molecule has 0 radical (unpaired) electrons. The maximum absolute atomic E-state index is 14.6. The summed E-state index contributed by atoms with van der Waals surface area (Å²) in [5.74, 6) is -0.319. The van der Waals surface area contributed by atoms with Gasteiger partial charge in [0.25, 0.3) is 0 Å². The van der Waals surface area contributed by atoms with Crippen LogP contribution in [0, 0.1) is 5.82 Å². The van der Waals surface area contributed by atoms with Crippen molar-refractivity contribution >= 4 is 42.2 Å². The Labute approximate surface area is 207 Å². The van der Waals surface area contributed by atoms with Gasteiger partial charge in [-0.15, -0.1) is 11.8 Å². The Morgan fingerprint density at radius 3 is 2.83 bits per heavy atom. The van der Waals surface area contributed by atoms with Gasteiger partial charge in [0.1, 0.15) is 29.9 Å². The number of imidazole rings is 1. The zero-order chi connectivity index (χ0) is 25.9. The molecule has 1 saturated heterocycles. The average Bonchev–Trinajstić information content (AvgIpc) is 3.47. The van der Waals surface area contributed by atoms with E-state index >= 15 is 0 Å². The van der Waals surface area contributed by atoms with Gasteiger partial charge in [-0.05, 0) is 6.92 Å². The number of aromatic nitrogens is 6. The topological polar surface area (TPSA) is 199 Å². The van der Waals surface area contributed by atoms with Gasteiger partial charge in [-0.1, -0.05) is 0 Å². The van der Waals surface area contributed by atoms with Crippen LogP contribution < -0.4 is 16.3 Å². The molecule has 3 aromatic heterocycles. The van der Waals surface area contributed by atoms with E-state index in [0.29, 0.717) is 22.7 Å². The van der Waals surface area contributed by atoms with E-state index in [2.05, 4.69) is 30.6 Å². The summed E-state index contributed by atoms with van der Waals surface area (Å²) in [6.45, 7) is 1.63. The van der Waals surface area contributed by atoms with Crippen molar-refractivity contribution in [2.45, 2.75) is 31.2 Å². The van der Waals surface area contributed by atoms with Crippen molar-refractivity contribution in [2.24, 2.45) is 0 Å². The number of ether oxygens (including phenoxy) is 2. The van der Waals surface area contributed by atoms with Crippen LogP contribution in [0.4, 0.5) is 16.0 Å². The molecule has 0 amide bonds. The smallest absolute Gasteiger partial charge is 0.351 e. The molecule has 36 heavy (non-hydrogen) atoms. The second-order valence-corrected chi connectivity index (χ2v) is 10.5. The van der Waals surface area contributed by atoms with Crippen LogP contribution in [-0.4, -0.2) is 80.9 Å². The maximum Gasteiger partial charge on any atom is 0.351 e. The Morgan fingerprint density at radius 2 is 2.11 bits per heavy atom. The summed E-state index contributed by atoms with van der Waals surface area (Å²) in [7, 11) is -4.28. The van der Waals surface area contributed by atoms with Gasteiger partial charge in [0.15, 0.2) is 23.1 Å². The molecule has 0 bridgehead atoms. The highest BCUT2D eigenvalue weighted by atomic mass is 32.2.